The number of nitrogens with zero attached hydrogens (tertiary/aromatic N) is 2. The Hall–Kier alpha value is -1.47. The van der Waals surface area contributed by atoms with Crippen molar-refractivity contribution in [1.29, 1.82) is 0 Å². The van der Waals surface area contributed by atoms with Crippen molar-refractivity contribution in [2.45, 2.75) is 51.5 Å². The molecule has 1 atom stereocenters. The van der Waals surface area contributed by atoms with E-state index < -0.39 is 0 Å². The molecule has 1 saturated carbocycles. The average Bonchev–Trinajstić information content (AvgIpc) is 2.79. The topological polar surface area (TPSA) is 81.8 Å². The fraction of sp³-hybridized carbons (Fsp3) is 0.824. The molecule has 2 N–H and O–H groups in total. The first kappa shape index (κ1) is 18.9. The molecule has 1 saturated heterocycles. The van der Waals surface area contributed by atoms with Gasteiger partial charge in [-0.2, -0.15) is 0 Å². The van der Waals surface area contributed by atoms with Crippen LogP contribution >= 0.6 is 0 Å². The Morgan fingerprint density at radius 1 is 1.21 bits per heavy atom. The summed E-state index contributed by atoms with van der Waals surface area (Å²) in [6.07, 6.45) is 4.20. The first-order valence-electron chi connectivity index (χ1n) is 8.93. The van der Waals surface area contributed by atoms with Crippen LogP contribution < -0.4 is 10.9 Å². The van der Waals surface area contributed by atoms with Crippen molar-refractivity contribution in [3.63, 3.8) is 0 Å². The zero-order valence-corrected chi connectivity index (χ0v) is 15.0. The molecule has 136 valence electrons. The number of rotatable bonds is 7. The number of nitrogens with one attached hydrogen (secondary N) is 2. The first-order valence-corrected chi connectivity index (χ1v) is 8.93. The third-order valence-electron chi connectivity index (χ3n) is 4.96. The Kier molecular flexibility index (Phi) is 6.74. The predicted molar refractivity (Wildman–Crippen MR) is 90.7 cm³/mol. The summed E-state index contributed by atoms with van der Waals surface area (Å²) in [5.41, 5.74) is 5.76. The van der Waals surface area contributed by atoms with Gasteiger partial charge in [0.2, 0.25) is 17.7 Å². The van der Waals surface area contributed by atoms with Crippen LogP contribution in [0.2, 0.25) is 0 Å². The van der Waals surface area contributed by atoms with Crippen LogP contribution in [-0.4, -0.2) is 60.7 Å². The first-order chi connectivity index (χ1) is 11.4. The molecule has 2 rings (SSSR count). The molecule has 24 heavy (non-hydrogen) atoms. The summed E-state index contributed by atoms with van der Waals surface area (Å²) >= 11 is 0. The molecule has 1 aliphatic carbocycles. The lowest BCUT2D eigenvalue weighted by atomic mass is 9.85. The van der Waals surface area contributed by atoms with Crippen molar-refractivity contribution in [3.05, 3.63) is 0 Å². The molecule has 2 fully saturated rings. The number of carbonyl (C=O) groups excluding carboxylic acids is 3. The number of hydrogen-bond acceptors (Lipinski definition) is 5. The minimum atomic E-state index is -0.190. The Morgan fingerprint density at radius 3 is 2.42 bits per heavy atom. The second-order valence-electron chi connectivity index (χ2n) is 7.29. The van der Waals surface area contributed by atoms with Crippen LogP contribution in [0.5, 0.6) is 0 Å². The van der Waals surface area contributed by atoms with E-state index in [-0.39, 0.29) is 35.6 Å². The quantitative estimate of drug-likeness (QED) is 0.402. The summed E-state index contributed by atoms with van der Waals surface area (Å²) in [5.74, 6) is -0.304. The normalized spacial score (nSPS) is 27.8. The van der Waals surface area contributed by atoms with E-state index in [1.807, 2.05) is 14.1 Å². The van der Waals surface area contributed by atoms with Crippen LogP contribution in [0.4, 0.5) is 0 Å². The standard InChI is InChI=1S/C17H30N4O3/c1-12-11-15(22)21(17(12)24)14-7-5-13(6-8-14)16(23)19-18-9-4-10-20(2)3/h12-14,18H,4-11H2,1-3H3,(H,19,23). The molecule has 0 aromatic heterocycles. The molecular formula is C17H30N4O3. The molecule has 0 radical (unpaired) electrons. The minimum Gasteiger partial charge on any atom is -0.309 e. The zero-order chi connectivity index (χ0) is 17.7. The highest BCUT2D eigenvalue weighted by Crippen LogP contribution is 2.32. The van der Waals surface area contributed by atoms with Gasteiger partial charge < -0.3 is 4.90 Å². The maximum atomic E-state index is 12.2. The van der Waals surface area contributed by atoms with Gasteiger partial charge in [0, 0.05) is 30.8 Å². The summed E-state index contributed by atoms with van der Waals surface area (Å²) in [4.78, 5) is 39.8. The number of carbonyl (C=O) groups is 3. The summed E-state index contributed by atoms with van der Waals surface area (Å²) < 4.78 is 0. The van der Waals surface area contributed by atoms with E-state index in [1.165, 1.54) is 4.90 Å². The van der Waals surface area contributed by atoms with Crippen LogP contribution in [0.3, 0.4) is 0 Å². The lowest BCUT2D eigenvalue weighted by Gasteiger charge is -2.33. The third-order valence-corrected chi connectivity index (χ3v) is 4.96. The summed E-state index contributed by atoms with van der Waals surface area (Å²) in [6.45, 7) is 3.53. The Balaban J connectivity index is 1.69. The largest absolute Gasteiger partial charge is 0.309 e. The molecule has 7 heteroatoms. The highest BCUT2D eigenvalue weighted by Gasteiger charge is 2.41. The number of likely N-dealkylation sites (tertiary alicyclic amines) is 1. The molecule has 1 unspecified atom stereocenters. The molecule has 0 aromatic rings. The van der Waals surface area contributed by atoms with Crippen molar-refractivity contribution in [2.24, 2.45) is 11.8 Å². The van der Waals surface area contributed by atoms with Crippen LogP contribution in [0.1, 0.15) is 45.4 Å². The van der Waals surface area contributed by atoms with Gasteiger partial charge in [0.15, 0.2) is 0 Å². The third kappa shape index (κ3) is 4.77. The maximum absolute atomic E-state index is 12.2. The van der Waals surface area contributed by atoms with E-state index in [2.05, 4.69) is 15.8 Å². The van der Waals surface area contributed by atoms with Gasteiger partial charge in [-0.25, -0.2) is 5.43 Å². The average molecular weight is 338 g/mol. The van der Waals surface area contributed by atoms with E-state index in [4.69, 9.17) is 0 Å². The molecule has 7 nitrogen and oxygen atoms in total. The number of hydrogen-bond donors (Lipinski definition) is 2. The number of hydrazine groups is 1. The highest BCUT2D eigenvalue weighted by molar-refractivity contribution is 6.03. The van der Waals surface area contributed by atoms with Gasteiger partial charge in [0.1, 0.15) is 0 Å². The van der Waals surface area contributed by atoms with Crippen LogP contribution in [0.15, 0.2) is 0 Å². The fourth-order valence-corrected chi connectivity index (χ4v) is 3.52. The van der Waals surface area contributed by atoms with E-state index in [0.29, 0.717) is 6.42 Å². The predicted octanol–water partition coefficient (Wildman–Crippen LogP) is 0.513. The van der Waals surface area contributed by atoms with Crippen molar-refractivity contribution in [2.75, 3.05) is 27.2 Å². The Labute approximate surface area is 144 Å². The van der Waals surface area contributed by atoms with Gasteiger partial charge in [-0.3, -0.25) is 24.7 Å². The Morgan fingerprint density at radius 2 is 1.88 bits per heavy atom. The summed E-state index contributed by atoms with van der Waals surface area (Å²) in [7, 11) is 4.04. The zero-order valence-electron chi connectivity index (χ0n) is 15.0. The number of imide groups is 1. The van der Waals surface area contributed by atoms with Gasteiger partial charge in [0.25, 0.3) is 0 Å². The van der Waals surface area contributed by atoms with Gasteiger partial charge in [-0.05, 0) is 52.7 Å². The SMILES string of the molecule is CC1CC(=O)N(C2CCC(C(=O)NNCCCN(C)C)CC2)C1=O. The molecule has 0 bridgehead atoms. The number of amides is 3. The molecular weight excluding hydrogens is 308 g/mol. The van der Waals surface area contributed by atoms with E-state index >= 15 is 0 Å². The monoisotopic (exact) mass is 338 g/mol. The smallest absolute Gasteiger partial charge is 0.237 e. The van der Waals surface area contributed by atoms with Gasteiger partial charge in [-0.1, -0.05) is 6.92 Å². The molecule has 3 amide bonds. The molecule has 1 heterocycles. The molecule has 2 aliphatic rings. The van der Waals surface area contributed by atoms with Crippen molar-refractivity contribution in [1.82, 2.24) is 20.7 Å². The van der Waals surface area contributed by atoms with Crippen LogP contribution in [0.25, 0.3) is 0 Å². The fourth-order valence-electron chi connectivity index (χ4n) is 3.52. The summed E-state index contributed by atoms with van der Waals surface area (Å²) in [5, 5.41) is 0. The Bertz CT molecular complexity index is 472. The van der Waals surface area contributed by atoms with E-state index in [0.717, 1.165) is 45.2 Å². The van der Waals surface area contributed by atoms with Gasteiger partial charge >= 0.3 is 0 Å². The van der Waals surface area contributed by atoms with Crippen LogP contribution in [0, 0.1) is 11.8 Å². The van der Waals surface area contributed by atoms with Gasteiger partial charge in [-0.15, -0.1) is 0 Å². The van der Waals surface area contributed by atoms with Gasteiger partial charge in [0.05, 0.1) is 0 Å². The summed E-state index contributed by atoms with van der Waals surface area (Å²) in [6, 6.07) is -0.0212. The molecule has 0 spiro atoms. The maximum Gasteiger partial charge on any atom is 0.237 e. The lowest BCUT2D eigenvalue weighted by molar-refractivity contribution is -0.143. The van der Waals surface area contributed by atoms with Crippen LogP contribution in [-0.2, 0) is 14.4 Å². The minimum absolute atomic E-state index is 0.0192. The highest BCUT2D eigenvalue weighted by atomic mass is 16.2. The van der Waals surface area contributed by atoms with Crippen molar-refractivity contribution >= 4 is 17.7 Å². The van der Waals surface area contributed by atoms with E-state index in [1.54, 1.807) is 6.92 Å². The van der Waals surface area contributed by atoms with Crippen molar-refractivity contribution in [3.8, 4) is 0 Å². The second kappa shape index (κ2) is 8.58. The molecule has 1 aliphatic heterocycles. The second-order valence-corrected chi connectivity index (χ2v) is 7.29. The van der Waals surface area contributed by atoms with E-state index in [9.17, 15) is 14.4 Å². The lowest BCUT2D eigenvalue weighted by Crippen LogP contribution is -2.46. The molecule has 0 aromatic carbocycles. The van der Waals surface area contributed by atoms with Crippen molar-refractivity contribution < 1.29 is 14.4 Å².